The Morgan fingerprint density at radius 2 is 1.49 bits per heavy atom. The molecule has 0 fully saturated rings. The van der Waals surface area contributed by atoms with E-state index < -0.39 is 24.0 Å². The van der Waals surface area contributed by atoms with Gasteiger partial charge in [0.15, 0.2) is 0 Å². The summed E-state index contributed by atoms with van der Waals surface area (Å²) in [6.45, 7) is 7.74. The van der Waals surface area contributed by atoms with Crippen LogP contribution in [0.3, 0.4) is 0 Å². The molecule has 3 amide bonds. The van der Waals surface area contributed by atoms with Gasteiger partial charge in [0.25, 0.3) is 11.8 Å². The van der Waals surface area contributed by atoms with Gasteiger partial charge in [-0.1, -0.05) is 11.8 Å². The van der Waals surface area contributed by atoms with E-state index in [2.05, 4.69) is 22.5 Å². The maximum atomic E-state index is 12.3. The van der Waals surface area contributed by atoms with Gasteiger partial charge in [-0.15, -0.1) is 0 Å². The first-order valence-corrected chi connectivity index (χ1v) is 11.1. The molecule has 9 nitrogen and oxygen atoms in total. The number of aliphatic hydroxyl groups excluding tert-OH is 1. The highest BCUT2D eigenvalue weighted by molar-refractivity contribution is 5.97. The number of amides is 3. The minimum atomic E-state index is -1.29. The zero-order valence-corrected chi connectivity index (χ0v) is 20.5. The molecule has 0 spiro atoms. The normalized spacial score (nSPS) is 12.7. The number of carbonyl (C=O) groups is 3. The highest BCUT2D eigenvalue weighted by Gasteiger charge is 2.25. The van der Waals surface area contributed by atoms with E-state index in [1.54, 1.807) is 48.5 Å². The van der Waals surface area contributed by atoms with Gasteiger partial charge >= 0.3 is 0 Å². The molecule has 0 saturated heterocycles. The lowest BCUT2D eigenvalue weighted by molar-refractivity contribution is -0.133. The fraction of sp³-hybridized carbons (Fsp3) is 0.346. The Morgan fingerprint density at radius 3 is 1.94 bits per heavy atom. The molecule has 0 unspecified atom stereocenters. The largest absolute Gasteiger partial charge is 0.391 e. The van der Waals surface area contributed by atoms with Crippen LogP contribution in [0.15, 0.2) is 48.5 Å². The fourth-order valence-electron chi connectivity index (χ4n) is 2.84. The van der Waals surface area contributed by atoms with Gasteiger partial charge in [0.2, 0.25) is 5.91 Å². The van der Waals surface area contributed by atoms with Crippen molar-refractivity contribution in [2.45, 2.75) is 45.4 Å². The van der Waals surface area contributed by atoms with E-state index in [4.69, 9.17) is 5.21 Å². The second-order valence-corrected chi connectivity index (χ2v) is 9.15. The predicted molar refractivity (Wildman–Crippen MR) is 133 cm³/mol. The van der Waals surface area contributed by atoms with Crippen molar-refractivity contribution < 1.29 is 24.7 Å². The van der Waals surface area contributed by atoms with Crippen molar-refractivity contribution >= 4 is 23.4 Å². The summed E-state index contributed by atoms with van der Waals surface area (Å²) in [4.78, 5) is 38.1. The van der Waals surface area contributed by atoms with Crippen LogP contribution in [0.2, 0.25) is 0 Å². The third kappa shape index (κ3) is 8.54. The van der Waals surface area contributed by atoms with Crippen molar-refractivity contribution in [1.82, 2.24) is 15.7 Å². The van der Waals surface area contributed by atoms with E-state index in [-0.39, 0.29) is 23.6 Å². The van der Waals surface area contributed by atoms with Crippen molar-refractivity contribution in [3.63, 3.8) is 0 Å². The maximum Gasteiger partial charge on any atom is 0.268 e. The summed E-state index contributed by atoms with van der Waals surface area (Å²) in [5, 5.41) is 23.6. The van der Waals surface area contributed by atoms with E-state index in [1.807, 2.05) is 32.7 Å². The number of hydroxylamine groups is 1. The number of anilines is 1. The molecule has 0 aliphatic rings. The maximum absolute atomic E-state index is 12.3. The number of carbonyl (C=O) groups excluding carboxylic acids is 3. The van der Waals surface area contributed by atoms with Gasteiger partial charge in [-0.3, -0.25) is 24.5 Å². The molecule has 9 heteroatoms. The van der Waals surface area contributed by atoms with Gasteiger partial charge in [-0.25, -0.2) is 5.48 Å². The van der Waals surface area contributed by atoms with Crippen molar-refractivity contribution in [2.75, 3.05) is 18.9 Å². The highest BCUT2D eigenvalue weighted by Crippen LogP contribution is 2.12. The molecular weight excluding hydrogens is 448 g/mol. The second-order valence-electron chi connectivity index (χ2n) is 9.15. The lowest BCUT2D eigenvalue weighted by Gasteiger charge is -2.31. The van der Waals surface area contributed by atoms with Gasteiger partial charge < -0.3 is 15.7 Å². The Kier molecular flexibility index (Phi) is 9.54. The average Bonchev–Trinajstić information content (AvgIpc) is 2.80. The number of likely N-dealkylation sites (N-methyl/N-ethyl adjacent to an activating group) is 1. The van der Waals surface area contributed by atoms with Gasteiger partial charge in [0.1, 0.15) is 6.04 Å². The van der Waals surface area contributed by atoms with Crippen molar-refractivity contribution in [2.24, 2.45) is 0 Å². The van der Waals surface area contributed by atoms with Gasteiger partial charge in [-0.05, 0) is 83.3 Å². The average molecular weight is 481 g/mol. The zero-order valence-electron chi connectivity index (χ0n) is 20.5. The smallest absolute Gasteiger partial charge is 0.268 e. The van der Waals surface area contributed by atoms with Crippen LogP contribution in [0.1, 0.15) is 49.2 Å². The molecule has 0 bridgehead atoms. The van der Waals surface area contributed by atoms with E-state index in [9.17, 15) is 19.5 Å². The van der Waals surface area contributed by atoms with Gasteiger partial charge in [0, 0.05) is 27.9 Å². The van der Waals surface area contributed by atoms with Crippen LogP contribution >= 0.6 is 0 Å². The molecule has 0 aliphatic heterocycles. The highest BCUT2D eigenvalue weighted by atomic mass is 16.5. The first-order chi connectivity index (χ1) is 16.4. The fourth-order valence-corrected chi connectivity index (χ4v) is 2.84. The number of hydrogen-bond donors (Lipinski definition) is 5. The third-order valence-electron chi connectivity index (χ3n) is 5.35. The number of nitrogens with one attached hydrogen (secondary N) is 3. The van der Waals surface area contributed by atoms with Crippen LogP contribution in [-0.4, -0.2) is 64.2 Å². The Labute approximate surface area is 205 Å². The van der Waals surface area contributed by atoms with Crippen LogP contribution in [0.5, 0.6) is 0 Å². The second kappa shape index (κ2) is 12.1. The third-order valence-corrected chi connectivity index (χ3v) is 5.35. The molecule has 0 saturated carbocycles. The summed E-state index contributed by atoms with van der Waals surface area (Å²) in [5.41, 5.74) is 3.69. The molecular formula is C26H32N4O5. The monoisotopic (exact) mass is 480 g/mol. The molecule has 2 rings (SSSR count). The summed E-state index contributed by atoms with van der Waals surface area (Å²) in [6.07, 6.45) is -1.19. The first-order valence-electron chi connectivity index (χ1n) is 11.1. The molecule has 2 atom stereocenters. The molecule has 0 heterocycles. The van der Waals surface area contributed by atoms with Crippen LogP contribution in [0.25, 0.3) is 0 Å². The lowest BCUT2D eigenvalue weighted by atomic mass is 10.1. The Hall–Kier alpha value is -3.71. The van der Waals surface area contributed by atoms with Gasteiger partial charge in [0.05, 0.1) is 12.6 Å². The Balaban J connectivity index is 1.98. The van der Waals surface area contributed by atoms with Crippen molar-refractivity contribution in [3.05, 3.63) is 65.2 Å². The quantitative estimate of drug-likeness (QED) is 0.233. The van der Waals surface area contributed by atoms with Crippen LogP contribution < -0.4 is 16.1 Å². The Morgan fingerprint density at radius 1 is 0.971 bits per heavy atom. The molecule has 2 aromatic rings. The molecule has 0 aromatic heterocycles. The summed E-state index contributed by atoms with van der Waals surface area (Å²) in [5.74, 6) is 4.44. The van der Waals surface area contributed by atoms with Crippen LogP contribution in [-0.2, 0) is 9.59 Å². The minimum Gasteiger partial charge on any atom is -0.391 e. The number of nitrogens with zero attached hydrogens (tertiary/aromatic N) is 1. The number of benzene rings is 2. The summed E-state index contributed by atoms with van der Waals surface area (Å²) >= 11 is 0. The molecule has 0 aliphatic carbocycles. The topological polar surface area (TPSA) is 131 Å². The van der Waals surface area contributed by atoms with E-state index >= 15 is 0 Å². The SMILES string of the molecule is C[C@@H](O)[C@H](NC(=O)c1ccc(C#Cc2ccc(NC(=O)CN(C)C(C)(C)C)cc2)cc1)C(=O)NO. The number of hydrogen-bond acceptors (Lipinski definition) is 6. The first kappa shape index (κ1) is 27.5. The van der Waals surface area contributed by atoms with Crippen molar-refractivity contribution in [1.29, 1.82) is 0 Å². The number of rotatable bonds is 7. The Bertz CT molecular complexity index is 1090. The summed E-state index contributed by atoms with van der Waals surface area (Å²) < 4.78 is 0. The number of aliphatic hydroxyl groups is 1. The lowest BCUT2D eigenvalue weighted by Crippen LogP contribution is -2.51. The molecule has 35 heavy (non-hydrogen) atoms. The van der Waals surface area contributed by atoms with E-state index in [0.717, 1.165) is 5.56 Å². The molecule has 0 radical (unpaired) electrons. The van der Waals surface area contributed by atoms with E-state index in [1.165, 1.54) is 12.4 Å². The van der Waals surface area contributed by atoms with Gasteiger partial charge in [-0.2, -0.15) is 0 Å². The summed E-state index contributed by atoms with van der Waals surface area (Å²) in [7, 11) is 1.90. The molecule has 186 valence electrons. The zero-order chi connectivity index (χ0) is 26.2. The molecule has 5 N–H and O–H groups in total. The minimum absolute atomic E-state index is 0.0952. The molecule has 2 aromatic carbocycles. The van der Waals surface area contributed by atoms with Crippen LogP contribution in [0, 0.1) is 11.8 Å². The van der Waals surface area contributed by atoms with E-state index in [0.29, 0.717) is 11.3 Å². The standard InChI is InChI=1S/C26H32N4O5/c1-17(31)23(25(34)29-35)28-24(33)20-12-8-18(9-13-20)6-7-19-10-14-21(15-11-19)27-22(32)16-30(5)26(2,3)4/h8-15,17,23,31,35H,16H2,1-5H3,(H,27,32)(H,28,33)(H,29,34)/t17-,23+/m1/s1. The van der Waals surface area contributed by atoms with Crippen molar-refractivity contribution in [3.8, 4) is 11.8 Å². The predicted octanol–water partition coefficient (Wildman–Crippen LogP) is 1.74. The summed E-state index contributed by atoms with van der Waals surface area (Å²) in [6, 6.07) is 12.3. The van der Waals surface area contributed by atoms with Crippen LogP contribution in [0.4, 0.5) is 5.69 Å².